The molecule has 0 fully saturated rings. The largest absolute Gasteiger partial charge is 0.373 e. The highest BCUT2D eigenvalue weighted by atomic mass is 16.3. The summed E-state index contributed by atoms with van der Waals surface area (Å²) in [6.45, 7) is 0. The molecular weight excluding hydrogens is 382 g/mol. The van der Waals surface area contributed by atoms with Gasteiger partial charge in [0.1, 0.15) is 23.9 Å². The van der Waals surface area contributed by atoms with Gasteiger partial charge in [0.2, 0.25) is 0 Å². The Morgan fingerprint density at radius 3 is 2.70 bits per heavy atom. The molecule has 1 unspecified atom stereocenters. The molecule has 0 spiro atoms. The van der Waals surface area contributed by atoms with Crippen LogP contribution in [0.2, 0.25) is 0 Å². The van der Waals surface area contributed by atoms with Gasteiger partial charge in [-0.25, -0.2) is 19.9 Å². The number of aromatic amines is 1. The number of anilines is 1. The van der Waals surface area contributed by atoms with Crippen molar-refractivity contribution in [2.45, 2.75) is 12.6 Å². The summed E-state index contributed by atoms with van der Waals surface area (Å²) in [5.41, 5.74) is 2.15. The Morgan fingerprint density at radius 2 is 1.83 bits per heavy atom. The summed E-state index contributed by atoms with van der Waals surface area (Å²) in [7, 11) is 0. The van der Waals surface area contributed by atoms with Gasteiger partial charge in [-0.15, -0.1) is 0 Å². The minimum absolute atomic E-state index is 0.0743. The fourth-order valence-corrected chi connectivity index (χ4v) is 3.41. The minimum atomic E-state index is -1.05. The summed E-state index contributed by atoms with van der Waals surface area (Å²) in [4.78, 5) is 33.2. The zero-order valence-corrected chi connectivity index (χ0v) is 15.7. The molecule has 3 heterocycles. The molecule has 0 aliphatic rings. The van der Waals surface area contributed by atoms with Crippen molar-refractivity contribution in [3.8, 4) is 5.69 Å². The van der Waals surface area contributed by atoms with Crippen molar-refractivity contribution >= 4 is 27.9 Å². The number of aliphatic hydroxyl groups is 1. The molecule has 5 aromatic rings. The second-order valence-electron chi connectivity index (χ2n) is 6.71. The first-order chi connectivity index (χ1) is 14.7. The third kappa shape index (κ3) is 3.16. The van der Waals surface area contributed by atoms with Crippen LogP contribution in [0.3, 0.4) is 0 Å². The average Bonchev–Trinajstić information content (AvgIpc) is 3.25. The van der Waals surface area contributed by atoms with E-state index in [-0.39, 0.29) is 12.0 Å². The number of nitrogens with zero attached hydrogens (tertiary/aromatic N) is 5. The molecule has 1 atom stereocenters. The van der Waals surface area contributed by atoms with Gasteiger partial charge in [0.15, 0.2) is 11.5 Å². The van der Waals surface area contributed by atoms with Crippen LogP contribution in [0.4, 0.5) is 5.82 Å². The van der Waals surface area contributed by atoms with E-state index in [9.17, 15) is 9.90 Å². The summed E-state index contributed by atoms with van der Waals surface area (Å²) < 4.78 is 1.53. The smallest absolute Gasteiger partial charge is 0.265 e. The molecule has 148 valence electrons. The second kappa shape index (κ2) is 7.37. The predicted octanol–water partition coefficient (Wildman–Crippen LogP) is 2.02. The molecule has 9 heteroatoms. The maximum atomic E-state index is 13.2. The van der Waals surface area contributed by atoms with Gasteiger partial charge >= 0.3 is 0 Å². The third-order valence-electron chi connectivity index (χ3n) is 4.76. The predicted molar refractivity (Wildman–Crippen MR) is 112 cm³/mol. The summed E-state index contributed by atoms with van der Waals surface area (Å²) in [5, 5.41) is 14.2. The van der Waals surface area contributed by atoms with E-state index >= 15 is 0 Å². The number of imidazole rings is 1. The highest BCUT2D eigenvalue weighted by Gasteiger charge is 2.17. The quantitative estimate of drug-likeness (QED) is 0.387. The lowest BCUT2D eigenvalue weighted by molar-refractivity contribution is 0.200. The van der Waals surface area contributed by atoms with E-state index in [0.717, 1.165) is 0 Å². The zero-order valence-electron chi connectivity index (χ0n) is 15.7. The summed E-state index contributed by atoms with van der Waals surface area (Å²) in [5.74, 6) is 0.820. The minimum Gasteiger partial charge on any atom is -0.373 e. The molecule has 0 aliphatic heterocycles. The Morgan fingerprint density at radius 1 is 1.03 bits per heavy atom. The molecule has 0 saturated heterocycles. The molecule has 0 saturated carbocycles. The van der Waals surface area contributed by atoms with Crippen molar-refractivity contribution in [2.24, 2.45) is 0 Å². The number of H-pyrrole nitrogens is 1. The molecule has 0 bridgehead atoms. The summed E-state index contributed by atoms with van der Waals surface area (Å²) >= 11 is 0. The topological polar surface area (TPSA) is 122 Å². The van der Waals surface area contributed by atoms with Gasteiger partial charge in [0, 0.05) is 0 Å². The van der Waals surface area contributed by atoms with Crippen molar-refractivity contribution in [1.29, 1.82) is 0 Å². The van der Waals surface area contributed by atoms with Crippen molar-refractivity contribution < 1.29 is 5.11 Å². The van der Waals surface area contributed by atoms with Gasteiger partial charge < -0.3 is 15.4 Å². The fraction of sp³-hybridized carbons (Fsp3) is 0.0952. The Kier molecular flexibility index (Phi) is 4.41. The number of para-hydroxylation sites is 2. The number of nitrogens with one attached hydrogen (secondary N) is 2. The van der Waals surface area contributed by atoms with E-state index in [2.05, 4.69) is 30.2 Å². The van der Waals surface area contributed by atoms with Crippen molar-refractivity contribution in [1.82, 2.24) is 29.5 Å². The third-order valence-corrected chi connectivity index (χ3v) is 4.76. The van der Waals surface area contributed by atoms with E-state index in [1.165, 1.54) is 17.2 Å². The molecule has 2 aromatic carbocycles. The van der Waals surface area contributed by atoms with Gasteiger partial charge in [-0.3, -0.25) is 9.36 Å². The maximum absolute atomic E-state index is 13.2. The highest BCUT2D eigenvalue weighted by Crippen LogP contribution is 2.17. The zero-order chi connectivity index (χ0) is 20.5. The molecule has 9 nitrogen and oxygen atoms in total. The standard InChI is InChI=1S/C21H17N7O2/c29-17(27-20-18-19(23-11-22-18)24-12-25-20)10-16-26-15-9-5-4-8-14(15)21(30)28(16)13-6-2-1-3-7-13/h1-9,11-12,17,29H,10H2,(H2,22,23,24,25,27). The Hall–Kier alpha value is -4.11. The number of rotatable bonds is 5. The molecule has 5 rings (SSSR count). The number of benzene rings is 2. The molecule has 3 aromatic heterocycles. The monoisotopic (exact) mass is 399 g/mol. The summed E-state index contributed by atoms with van der Waals surface area (Å²) in [6.07, 6.45) is 1.91. The van der Waals surface area contributed by atoms with Crippen LogP contribution in [0, 0.1) is 0 Å². The van der Waals surface area contributed by atoms with Gasteiger partial charge in [-0.1, -0.05) is 30.3 Å². The summed E-state index contributed by atoms with van der Waals surface area (Å²) in [6, 6.07) is 16.4. The van der Waals surface area contributed by atoms with E-state index in [1.807, 2.05) is 36.4 Å². The van der Waals surface area contributed by atoms with Crippen molar-refractivity contribution in [3.63, 3.8) is 0 Å². The van der Waals surface area contributed by atoms with Crippen LogP contribution in [0.15, 0.2) is 72.0 Å². The average molecular weight is 399 g/mol. The Labute approximate surface area is 170 Å². The number of aromatic nitrogens is 6. The van der Waals surface area contributed by atoms with Crippen LogP contribution in [0.5, 0.6) is 0 Å². The van der Waals surface area contributed by atoms with E-state index in [1.54, 1.807) is 18.2 Å². The molecule has 30 heavy (non-hydrogen) atoms. The first-order valence-corrected chi connectivity index (χ1v) is 9.35. The molecule has 0 amide bonds. The highest BCUT2D eigenvalue weighted by molar-refractivity contribution is 5.82. The first-order valence-electron chi connectivity index (χ1n) is 9.35. The van der Waals surface area contributed by atoms with E-state index < -0.39 is 6.23 Å². The SMILES string of the molecule is O=c1c2ccccc2nc(CC(O)Nc2ncnc3[nH]cnc23)n1-c1ccccc1. The molecular formula is C21H17N7O2. The van der Waals surface area contributed by atoms with Gasteiger partial charge in [-0.2, -0.15) is 0 Å². The van der Waals surface area contributed by atoms with Crippen LogP contribution < -0.4 is 10.9 Å². The molecule has 0 aliphatic carbocycles. The lowest BCUT2D eigenvalue weighted by Crippen LogP contribution is -2.30. The lowest BCUT2D eigenvalue weighted by Gasteiger charge is -2.17. The lowest BCUT2D eigenvalue weighted by atomic mass is 10.2. The van der Waals surface area contributed by atoms with Crippen LogP contribution in [-0.4, -0.2) is 40.8 Å². The number of fused-ring (bicyclic) bond motifs is 2. The van der Waals surface area contributed by atoms with Crippen molar-refractivity contribution in [2.75, 3.05) is 5.32 Å². The van der Waals surface area contributed by atoms with Gasteiger partial charge in [0.05, 0.1) is 29.3 Å². The first kappa shape index (κ1) is 18.0. The van der Waals surface area contributed by atoms with Crippen molar-refractivity contribution in [3.05, 3.63) is 83.4 Å². The van der Waals surface area contributed by atoms with Gasteiger partial charge in [0.25, 0.3) is 5.56 Å². The Bertz CT molecular complexity index is 1400. The number of hydrogen-bond donors (Lipinski definition) is 3. The number of hydrogen-bond acceptors (Lipinski definition) is 7. The van der Waals surface area contributed by atoms with E-state index in [0.29, 0.717) is 39.4 Å². The van der Waals surface area contributed by atoms with Crippen LogP contribution in [0.1, 0.15) is 5.82 Å². The van der Waals surface area contributed by atoms with Crippen LogP contribution in [-0.2, 0) is 6.42 Å². The normalized spacial score (nSPS) is 12.3. The second-order valence-corrected chi connectivity index (χ2v) is 6.71. The van der Waals surface area contributed by atoms with Crippen LogP contribution in [0.25, 0.3) is 27.8 Å². The maximum Gasteiger partial charge on any atom is 0.265 e. The van der Waals surface area contributed by atoms with E-state index in [4.69, 9.17) is 0 Å². The fourth-order valence-electron chi connectivity index (χ4n) is 3.41. The molecule has 3 N–H and O–H groups in total. The molecule has 0 radical (unpaired) electrons. The number of aliphatic hydroxyl groups excluding tert-OH is 1. The van der Waals surface area contributed by atoms with Crippen LogP contribution >= 0.6 is 0 Å². The van der Waals surface area contributed by atoms with Gasteiger partial charge in [-0.05, 0) is 24.3 Å². The Balaban J connectivity index is 1.56.